The minimum atomic E-state index is -4.46. The van der Waals surface area contributed by atoms with Crippen LogP contribution in [0.4, 0.5) is 18.9 Å². The van der Waals surface area contributed by atoms with Gasteiger partial charge < -0.3 is 10.2 Å². The van der Waals surface area contributed by atoms with Crippen molar-refractivity contribution in [1.29, 1.82) is 0 Å². The van der Waals surface area contributed by atoms with Crippen LogP contribution in [0.2, 0.25) is 5.02 Å². The molecule has 1 aliphatic rings. The molecule has 2 rings (SSSR count). The number of nitrogens with one attached hydrogen (secondary N) is 1. The van der Waals surface area contributed by atoms with E-state index in [0.717, 1.165) is 44.1 Å². The quantitative estimate of drug-likeness (QED) is 0.905. The number of hydrogen-bond donors (Lipinski definition) is 1. The SMILES string of the molecule is CN1CCCC(CC(=O)Nc2cc(C(F)(F)F)ccc2Cl)C1. The number of hydrogen-bond acceptors (Lipinski definition) is 2. The van der Waals surface area contributed by atoms with Crippen molar-refractivity contribution in [1.82, 2.24) is 4.90 Å². The van der Waals surface area contributed by atoms with E-state index < -0.39 is 11.7 Å². The first-order chi connectivity index (χ1) is 10.3. The summed E-state index contributed by atoms with van der Waals surface area (Å²) in [6.45, 7) is 1.83. The summed E-state index contributed by atoms with van der Waals surface area (Å²) in [5, 5.41) is 2.59. The summed E-state index contributed by atoms with van der Waals surface area (Å²) in [5.74, 6) is -0.0788. The molecule has 1 fully saturated rings. The number of piperidine rings is 1. The Labute approximate surface area is 132 Å². The first-order valence-corrected chi connectivity index (χ1v) is 7.48. The zero-order valence-corrected chi connectivity index (χ0v) is 13.0. The van der Waals surface area contributed by atoms with Crippen LogP contribution >= 0.6 is 11.6 Å². The van der Waals surface area contributed by atoms with Crippen LogP contribution in [0.5, 0.6) is 0 Å². The Hall–Kier alpha value is -1.27. The Balaban J connectivity index is 2.02. The molecule has 3 nitrogen and oxygen atoms in total. The van der Waals surface area contributed by atoms with Gasteiger partial charge in [0, 0.05) is 13.0 Å². The molecule has 0 bridgehead atoms. The number of carbonyl (C=O) groups is 1. The van der Waals surface area contributed by atoms with Gasteiger partial charge in [-0.2, -0.15) is 13.2 Å². The van der Waals surface area contributed by atoms with E-state index in [0.29, 0.717) is 0 Å². The highest BCUT2D eigenvalue weighted by Gasteiger charge is 2.31. The van der Waals surface area contributed by atoms with Crippen molar-refractivity contribution in [2.24, 2.45) is 5.92 Å². The number of rotatable bonds is 3. The van der Waals surface area contributed by atoms with E-state index >= 15 is 0 Å². The van der Waals surface area contributed by atoms with Crippen molar-refractivity contribution in [3.63, 3.8) is 0 Å². The predicted octanol–water partition coefficient (Wildman–Crippen LogP) is 4.03. The first-order valence-electron chi connectivity index (χ1n) is 7.11. The summed E-state index contributed by atoms with van der Waals surface area (Å²) < 4.78 is 38.1. The van der Waals surface area contributed by atoms with Crippen LogP contribution in [0, 0.1) is 5.92 Å². The maximum atomic E-state index is 12.7. The first kappa shape index (κ1) is 17.1. The van der Waals surface area contributed by atoms with Gasteiger partial charge in [0.2, 0.25) is 5.91 Å². The summed E-state index contributed by atoms with van der Waals surface area (Å²) >= 11 is 5.87. The predicted molar refractivity (Wildman–Crippen MR) is 79.9 cm³/mol. The zero-order valence-electron chi connectivity index (χ0n) is 12.2. The highest BCUT2D eigenvalue weighted by molar-refractivity contribution is 6.33. The van der Waals surface area contributed by atoms with Crippen molar-refractivity contribution < 1.29 is 18.0 Å². The monoisotopic (exact) mass is 334 g/mol. The van der Waals surface area contributed by atoms with E-state index in [1.807, 2.05) is 7.05 Å². The molecule has 0 aromatic heterocycles. The number of amides is 1. The van der Waals surface area contributed by atoms with E-state index in [-0.39, 0.29) is 29.0 Å². The van der Waals surface area contributed by atoms with Crippen LogP contribution < -0.4 is 5.32 Å². The lowest BCUT2D eigenvalue weighted by Crippen LogP contribution is -2.34. The van der Waals surface area contributed by atoms with Gasteiger partial charge in [0.05, 0.1) is 16.3 Å². The number of alkyl halides is 3. The Morgan fingerprint density at radius 3 is 2.82 bits per heavy atom. The minimum Gasteiger partial charge on any atom is -0.325 e. The Morgan fingerprint density at radius 1 is 1.45 bits per heavy atom. The van der Waals surface area contributed by atoms with E-state index in [1.165, 1.54) is 0 Å². The van der Waals surface area contributed by atoms with Gasteiger partial charge in [-0.15, -0.1) is 0 Å². The second-order valence-corrected chi connectivity index (χ2v) is 6.12. The highest BCUT2D eigenvalue weighted by atomic mass is 35.5. The van der Waals surface area contributed by atoms with Crippen LogP contribution in [0.3, 0.4) is 0 Å². The van der Waals surface area contributed by atoms with E-state index in [1.54, 1.807) is 0 Å². The summed E-state index contributed by atoms with van der Waals surface area (Å²) in [6, 6.07) is 2.91. The third-order valence-electron chi connectivity index (χ3n) is 3.76. The second-order valence-electron chi connectivity index (χ2n) is 5.72. The number of anilines is 1. The van der Waals surface area contributed by atoms with Crippen LogP contribution in [0.25, 0.3) is 0 Å². The molecule has 1 amide bonds. The van der Waals surface area contributed by atoms with E-state index in [2.05, 4.69) is 10.2 Å². The molecule has 1 atom stereocenters. The molecule has 1 heterocycles. The largest absolute Gasteiger partial charge is 0.416 e. The summed E-state index contributed by atoms with van der Waals surface area (Å²) in [6.07, 6.45) is -2.19. The summed E-state index contributed by atoms with van der Waals surface area (Å²) in [5.41, 5.74) is -0.824. The van der Waals surface area contributed by atoms with Crippen molar-refractivity contribution in [2.45, 2.75) is 25.4 Å². The molecule has 0 radical (unpaired) electrons. The Bertz CT molecular complexity index is 548. The number of benzene rings is 1. The van der Waals surface area contributed by atoms with Gasteiger partial charge in [0.1, 0.15) is 0 Å². The third-order valence-corrected chi connectivity index (χ3v) is 4.09. The van der Waals surface area contributed by atoms with Crippen LogP contribution in [0.1, 0.15) is 24.8 Å². The van der Waals surface area contributed by atoms with Gasteiger partial charge in [-0.25, -0.2) is 0 Å². The van der Waals surface area contributed by atoms with E-state index in [9.17, 15) is 18.0 Å². The van der Waals surface area contributed by atoms with Crippen molar-refractivity contribution >= 4 is 23.2 Å². The standard InChI is InChI=1S/C15H18ClF3N2O/c1-21-6-2-3-10(9-21)7-14(22)20-13-8-11(15(17,18)19)4-5-12(13)16/h4-5,8,10H,2-3,6-7,9H2,1H3,(H,20,22). The molecule has 1 aromatic rings. The molecule has 1 unspecified atom stereocenters. The number of nitrogens with zero attached hydrogens (tertiary/aromatic N) is 1. The van der Waals surface area contributed by atoms with Gasteiger partial charge in [-0.05, 0) is 50.6 Å². The average molecular weight is 335 g/mol. The van der Waals surface area contributed by atoms with Gasteiger partial charge in [-0.1, -0.05) is 11.6 Å². The molecule has 1 aliphatic heterocycles. The van der Waals surface area contributed by atoms with Gasteiger partial charge in [0.25, 0.3) is 0 Å². The molecule has 22 heavy (non-hydrogen) atoms. The second kappa shape index (κ2) is 6.87. The van der Waals surface area contributed by atoms with Crippen molar-refractivity contribution in [3.8, 4) is 0 Å². The van der Waals surface area contributed by atoms with E-state index in [4.69, 9.17) is 11.6 Å². The molecular formula is C15H18ClF3N2O. The lowest BCUT2D eigenvalue weighted by Gasteiger charge is -2.29. The minimum absolute atomic E-state index is 0.00524. The maximum absolute atomic E-state index is 12.7. The fraction of sp³-hybridized carbons (Fsp3) is 0.533. The fourth-order valence-electron chi connectivity index (χ4n) is 2.70. The van der Waals surface area contributed by atoms with Gasteiger partial charge >= 0.3 is 6.18 Å². The third kappa shape index (κ3) is 4.61. The van der Waals surface area contributed by atoms with Crippen LogP contribution in [-0.4, -0.2) is 30.9 Å². The molecule has 0 saturated carbocycles. The number of halogens is 4. The Morgan fingerprint density at radius 2 is 2.18 bits per heavy atom. The molecular weight excluding hydrogens is 317 g/mol. The zero-order chi connectivity index (χ0) is 16.3. The topological polar surface area (TPSA) is 32.3 Å². The summed E-state index contributed by atoms with van der Waals surface area (Å²) in [7, 11) is 1.99. The lowest BCUT2D eigenvalue weighted by atomic mass is 9.95. The molecule has 7 heteroatoms. The maximum Gasteiger partial charge on any atom is 0.416 e. The molecule has 1 N–H and O–H groups in total. The average Bonchev–Trinajstić information content (AvgIpc) is 2.40. The number of carbonyl (C=O) groups excluding carboxylic acids is 1. The Kier molecular flexibility index (Phi) is 5.34. The summed E-state index contributed by atoms with van der Waals surface area (Å²) in [4.78, 5) is 14.2. The van der Waals surface area contributed by atoms with Gasteiger partial charge in [0.15, 0.2) is 0 Å². The lowest BCUT2D eigenvalue weighted by molar-refractivity contribution is -0.137. The molecule has 0 aliphatic carbocycles. The molecule has 0 spiro atoms. The number of likely N-dealkylation sites (tertiary alicyclic amines) is 1. The molecule has 1 aromatic carbocycles. The fourth-order valence-corrected chi connectivity index (χ4v) is 2.87. The van der Waals surface area contributed by atoms with Gasteiger partial charge in [-0.3, -0.25) is 4.79 Å². The highest BCUT2D eigenvalue weighted by Crippen LogP contribution is 2.34. The van der Waals surface area contributed by atoms with Crippen molar-refractivity contribution in [2.75, 3.05) is 25.5 Å². The normalized spacial score (nSPS) is 20.0. The van der Waals surface area contributed by atoms with Crippen LogP contribution in [-0.2, 0) is 11.0 Å². The molecule has 1 saturated heterocycles. The smallest absolute Gasteiger partial charge is 0.325 e. The molecule has 122 valence electrons. The van der Waals surface area contributed by atoms with Crippen molar-refractivity contribution in [3.05, 3.63) is 28.8 Å². The van der Waals surface area contributed by atoms with Crippen LogP contribution in [0.15, 0.2) is 18.2 Å².